The van der Waals surface area contributed by atoms with E-state index < -0.39 is 0 Å². The number of amides is 1. The SMILES string of the molecule is CN=C(NCc1ccc(CN2CCCC2=O)cc1)NCC(C(C)C)N1CCCCCC1. The molecule has 0 spiro atoms. The number of hydrogen-bond acceptors (Lipinski definition) is 3. The van der Waals surface area contributed by atoms with Crippen molar-refractivity contribution in [3.05, 3.63) is 35.4 Å². The van der Waals surface area contributed by atoms with Crippen molar-refractivity contribution in [1.82, 2.24) is 20.4 Å². The molecule has 2 saturated heterocycles. The monoisotopic (exact) mass is 427 g/mol. The fourth-order valence-electron chi connectivity index (χ4n) is 4.67. The van der Waals surface area contributed by atoms with Gasteiger partial charge in [-0.15, -0.1) is 0 Å². The van der Waals surface area contributed by atoms with Gasteiger partial charge < -0.3 is 15.5 Å². The summed E-state index contributed by atoms with van der Waals surface area (Å²) in [5.74, 6) is 1.74. The van der Waals surface area contributed by atoms with Crippen LogP contribution in [-0.4, -0.2) is 60.9 Å². The Morgan fingerprint density at radius 2 is 1.65 bits per heavy atom. The highest BCUT2D eigenvalue weighted by molar-refractivity contribution is 5.79. The lowest BCUT2D eigenvalue weighted by atomic mass is 10.0. The van der Waals surface area contributed by atoms with Gasteiger partial charge in [0.1, 0.15) is 0 Å². The van der Waals surface area contributed by atoms with Gasteiger partial charge in [0, 0.05) is 45.7 Å². The van der Waals surface area contributed by atoms with Crippen molar-refractivity contribution in [2.75, 3.05) is 33.2 Å². The summed E-state index contributed by atoms with van der Waals surface area (Å²) in [6.45, 7) is 10.3. The maximum absolute atomic E-state index is 11.8. The summed E-state index contributed by atoms with van der Waals surface area (Å²) >= 11 is 0. The van der Waals surface area contributed by atoms with Crippen LogP contribution >= 0.6 is 0 Å². The summed E-state index contributed by atoms with van der Waals surface area (Å²) in [5, 5.41) is 7.01. The third-order valence-corrected chi connectivity index (χ3v) is 6.61. The van der Waals surface area contributed by atoms with E-state index in [0.29, 0.717) is 18.4 Å². The Balaban J connectivity index is 1.46. The van der Waals surface area contributed by atoms with Crippen molar-refractivity contribution in [3.63, 3.8) is 0 Å². The van der Waals surface area contributed by atoms with Gasteiger partial charge >= 0.3 is 0 Å². The minimum absolute atomic E-state index is 0.278. The summed E-state index contributed by atoms with van der Waals surface area (Å²) < 4.78 is 0. The second-order valence-corrected chi connectivity index (χ2v) is 9.30. The van der Waals surface area contributed by atoms with Crippen molar-refractivity contribution in [1.29, 1.82) is 0 Å². The van der Waals surface area contributed by atoms with Crippen LogP contribution in [0.4, 0.5) is 0 Å². The highest BCUT2D eigenvalue weighted by atomic mass is 16.2. The van der Waals surface area contributed by atoms with E-state index in [9.17, 15) is 4.79 Å². The second-order valence-electron chi connectivity index (χ2n) is 9.30. The van der Waals surface area contributed by atoms with Gasteiger partial charge in [-0.2, -0.15) is 0 Å². The number of hydrogen-bond donors (Lipinski definition) is 2. The predicted octanol–water partition coefficient (Wildman–Crippen LogP) is 3.37. The van der Waals surface area contributed by atoms with Crippen LogP contribution in [0.3, 0.4) is 0 Å². The van der Waals surface area contributed by atoms with Gasteiger partial charge in [-0.3, -0.25) is 14.7 Å². The molecule has 0 aromatic heterocycles. The average molecular weight is 428 g/mol. The number of aliphatic imine (C=N–C) groups is 1. The van der Waals surface area contributed by atoms with Crippen molar-refractivity contribution >= 4 is 11.9 Å². The van der Waals surface area contributed by atoms with Gasteiger partial charge in [-0.1, -0.05) is 51.0 Å². The van der Waals surface area contributed by atoms with Crippen LogP contribution in [0.1, 0.15) is 63.5 Å². The molecule has 3 rings (SSSR count). The number of carbonyl (C=O) groups is 1. The lowest BCUT2D eigenvalue weighted by molar-refractivity contribution is -0.128. The van der Waals surface area contributed by atoms with Crippen LogP contribution in [0.25, 0.3) is 0 Å². The molecule has 2 aliphatic rings. The molecule has 2 aliphatic heterocycles. The first kappa shape index (κ1) is 23.6. The number of likely N-dealkylation sites (tertiary alicyclic amines) is 2. The molecule has 172 valence electrons. The van der Waals surface area contributed by atoms with Crippen LogP contribution in [0.5, 0.6) is 0 Å². The third-order valence-electron chi connectivity index (χ3n) is 6.61. The maximum Gasteiger partial charge on any atom is 0.222 e. The van der Waals surface area contributed by atoms with Crippen LogP contribution in [0.2, 0.25) is 0 Å². The number of guanidine groups is 1. The molecular weight excluding hydrogens is 386 g/mol. The number of rotatable bonds is 8. The molecule has 1 unspecified atom stereocenters. The number of nitrogens with one attached hydrogen (secondary N) is 2. The first-order valence-corrected chi connectivity index (χ1v) is 12.1. The van der Waals surface area contributed by atoms with Crippen LogP contribution < -0.4 is 10.6 Å². The quantitative estimate of drug-likeness (QED) is 0.493. The highest BCUT2D eigenvalue weighted by Gasteiger charge is 2.23. The molecule has 6 nitrogen and oxygen atoms in total. The van der Waals surface area contributed by atoms with E-state index in [4.69, 9.17) is 0 Å². The second kappa shape index (κ2) is 12.1. The Morgan fingerprint density at radius 1 is 0.968 bits per heavy atom. The van der Waals surface area contributed by atoms with Crippen LogP contribution in [0.15, 0.2) is 29.3 Å². The number of carbonyl (C=O) groups excluding carboxylic acids is 1. The standard InChI is InChI=1S/C25H41N5O/c1-20(2)23(29-14-6-4-5-7-15-29)18-28-25(26-3)27-17-21-10-12-22(13-11-21)19-30-16-8-9-24(30)31/h10-13,20,23H,4-9,14-19H2,1-3H3,(H2,26,27,28). The van der Waals surface area contributed by atoms with E-state index in [1.54, 1.807) is 0 Å². The van der Waals surface area contributed by atoms with Crippen molar-refractivity contribution in [2.24, 2.45) is 10.9 Å². The molecule has 2 N–H and O–H groups in total. The largest absolute Gasteiger partial charge is 0.355 e. The molecule has 2 heterocycles. The molecule has 2 fully saturated rings. The highest BCUT2D eigenvalue weighted by Crippen LogP contribution is 2.17. The maximum atomic E-state index is 11.8. The molecule has 1 atom stereocenters. The van der Waals surface area contributed by atoms with E-state index in [0.717, 1.165) is 38.6 Å². The van der Waals surface area contributed by atoms with Gasteiger partial charge in [-0.25, -0.2) is 0 Å². The molecule has 1 amide bonds. The van der Waals surface area contributed by atoms with Crippen molar-refractivity contribution in [2.45, 2.75) is 71.5 Å². The lowest BCUT2D eigenvalue weighted by Gasteiger charge is -2.34. The summed E-state index contributed by atoms with van der Waals surface area (Å²) in [4.78, 5) is 20.9. The summed E-state index contributed by atoms with van der Waals surface area (Å²) in [5.41, 5.74) is 2.41. The zero-order valence-electron chi connectivity index (χ0n) is 19.7. The van der Waals surface area contributed by atoms with Crippen molar-refractivity contribution < 1.29 is 4.79 Å². The normalized spacial score (nSPS) is 19.5. The summed E-state index contributed by atoms with van der Waals surface area (Å²) in [7, 11) is 1.84. The van der Waals surface area contributed by atoms with E-state index in [1.165, 1.54) is 49.9 Å². The molecule has 0 aliphatic carbocycles. The van der Waals surface area contributed by atoms with E-state index in [-0.39, 0.29) is 5.91 Å². The minimum Gasteiger partial charge on any atom is -0.355 e. The molecular formula is C25H41N5O. The van der Waals surface area contributed by atoms with Gasteiger partial charge in [-0.05, 0) is 49.4 Å². The van der Waals surface area contributed by atoms with Gasteiger partial charge in [0.25, 0.3) is 0 Å². The number of benzene rings is 1. The molecule has 0 bridgehead atoms. The fraction of sp³-hybridized carbons (Fsp3) is 0.680. The number of nitrogens with zero attached hydrogens (tertiary/aromatic N) is 3. The van der Waals surface area contributed by atoms with E-state index in [2.05, 4.69) is 58.6 Å². The van der Waals surface area contributed by atoms with E-state index >= 15 is 0 Å². The molecule has 31 heavy (non-hydrogen) atoms. The zero-order valence-corrected chi connectivity index (χ0v) is 19.7. The van der Waals surface area contributed by atoms with Gasteiger partial charge in [0.15, 0.2) is 5.96 Å². The van der Waals surface area contributed by atoms with Gasteiger partial charge in [0.2, 0.25) is 5.91 Å². The topological polar surface area (TPSA) is 60.0 Å². The predicted molar refractivity (Wildman–Crippen MR) is 128 cm³/mol. The average Bonchev–Trinajstić information content (AvgIpc) is 3.00. The van der Waals surface area contributed by atoms with Gasteiger partial charge in [0.05, 0.1) is 0 Å². The zero-order chi connectivity index (χ0) is 22.1. The molecule has 1 aromatic rings. The Labute approximate surface area is 188 Å². The Kier molecular flexibility index (Phi) is 9.19. The van der Waals surface area contributed by atoms with Crippen LogP contribution in [0, 0.1) is 5.92 Å². The molecule has 0 saturated carbocycles. The first-order chi connectivity index (χ1) is 15.1. The third kappa shape index (κ3) is 7.23. The van der Waals surface area contributed by atoms with Crippen LogP contribution in [-0.2, 0) is 17.9 Å². The summed E-state index contributed by atoms with van der Waals surface area (Å²) in [6.07, 6.45) is 7.05. The lowest BCUT2D eigenvalue weighted by Crippen LogP contribution is -2.49. The Morgan fingerprint density at radius 3 is 2.23 bits per heavy atom. The minimum atomic E-state index is 0.278. The summed E-state index contributed by atoms with van der Waals surface area (Å²) in [6, 6.07) is 9.08. The Bertz CT molecular complexity index is 707. The Hall–Kier alpha value is -2.08. The fourth-order valence-corrected chi connectivity index (χ4v) is 4.67. The van der Waals surface area contributed by atoms with Crippen molar-refractivity contribution in [3.8, 4) is 0 Å². The first-order valence-electron chi connectivity index (χ1n) is 12.1. The molecule has 1 aromatic carbocycles. The molecule has 6 heteroatoms. The smallest absolute Gasteiger partial charge is 0.222 e. The van der Waals surface area contributed by atoms with E-state index in [1.807, 2.05) is 11.9 Å². The molecule has 0 radical (unpaired) electrons.